The second-order valence-electron chi connectivity index (χ2n) is 5.28. The van der Waals surface area contributed by atoms with Gasteiger partial charge in [-0.1, -0.05) is 13.3 Å². The van der Waals surface area contributed by atoms with E-state index in [0.717, 1.165) is 18.2 Å². The highest BCUT2D eigenvalue weighted by Gasteiger charge is 2.22. The Morgan fingerprint density at radius 3 is 2.88 bits per heavy atom. The topological polar surface area (TPSA) is 29.9 Å². The molecule has 0 bridgehead atoms. The molecular weight excluding hydrogens is 198 g/mol. The molecule has 2 rings (SSSR count). The van der Waals surface area contributed by atoms with Crippen molar-refractivity contribution in [1.82, 2.24) is 15.1 Å². The van der Waals surface area contributed by atoms with Gasteiger partial charge in [-0.15, -0.1) is 0 Å². The molecule has 0 radical (unpaired) electrons. The lowest BCUT2D eigenvalue weighted by Crippen LogP contribution is -2.30. The van der Waals surface area contributed by atoms with Crippen LogP contribution in [-0.4, -0.2) is 15.8 Å². The second-order valence-corrected chi connectivity index (χ2v) is 5.28. The van der Waals surface area contributed by atoms with Crippen LogP contribution in [0.4, 0.5) is 0 Å². The van der Waals surface area contributed by atoms with Gasteiger partial charge in [0, 0.05) is 24.8 Å². The third-order valence-corrected chi connectivity index (χ3v) is 3.60. The van der Waals surface area contributed by atoms with Crippen LogP contribution in [0.15, 0.2) is 12.3 Å². The summed E-state index contributed by atoms with van der Waals surface area (Å²) in [6, 6.07) is 3.27. The zero-order valence-corrected chi connectivity index (χ0v) is 10.6. The molecule has 1 saturated carbocycles. The Kier molecular flexibility index (Phi) is 3.64. The Balaban J connectivity index is 1.84. The van der Waals surface area contributed by atoms with E-state index < -0.39 is 0 Å². The average Bonchev–Trinajstić information content (AvgIpc) is 2.83. The van der Waals surface area contributed by atoms with Gasteiger partial charge >= 0.3 is 0 Å². The van der Waals surface area contributed by atoms with Crippen LogP contribution in [0.1, 0.15) is 51.8 Å². The zero-order valence-electron chi connectivity index (χ0n) is 10.6. The summed E-state index contributed by atoms with van der Waals surface area (Å²) in [5.41, 5.74) is 1.16. The minimum absolute atomic E-state index is 0.458. The summed E-state index contributed by atoms with van der Waals surface area (Å²) in [5.74, 6) is 0.826. The first-order chi connectivity index (χ1) is 7.66. The summed E-state index contributed by atoms with van der Waals surface area (Å²) in [6.45, 7) is 7.57. The summed E-state index contributed by atoms with van der Waals surface area (Å²) in [4.78, 5) is 0. The zero-order chi connectivity index (χ0) is 11.5. The first-order valence-electron chi connectivity index (χ1n) is 6.44. The van der Waals surface area contributed by atoms with Crippen LogP contribution in [0.25, 0.3) is 0 Å². The van der Waals surface area contributed by atoms with Crippen LogP contribution < -0.4 is 5.32 Å². The fourth-order valence-corrected chi connectivity index (χ4v) is 2.44. The highest BCUT2D eigenvalue weighted by atomic mass is 15.3. The van der Waals surface area contributed by atoms with E-state index in [1.54, 1.807) is 0 Å². The largest absolute Gasteiger partial charge is 0.308 e. The van der Waals surface area contributed by atoms with Crippen molar-refractivity contribution < 1.29 is 0 Å². The lowest BCUT2D eigenvalue weighted by Gasteiger charge is -2.16. The Morgan fingerprint density at radius 2 is 2.31 bits per heavy atom. The van der Waals surface area contributed by atoms with Crippen molar-refractivity contribution in [2.75, 3.05) is 0 Å². The number of nitrogens with zero attached hydrogens (tertiary/aromatic N) is 2. The molecule has 1 heterocycles. The Morgan fingerprint density at radius 1 is 1.50 bits per heavy atom. The van der Waals surface area contributed by atoms with Crippen molar-refractivity contribution in [1.29, 1.82) is 0 Å². The Bertz CT molecular complexity index is 330. The molecule has 1 aliphatic carbocycles. The molecule has 1 aliphatic rings. The average molecular weight is 221 g/mol. The van der Waals surface area contributed by atoms with Gasteiger partial charge in [0.1, 0.15) is 0 Å². The molecule has 90 valence electrons. The fraction of sp³-hybridized carbons (Fsp3) is 0.769. The lowest BCUT2D eigenvalue weighted by atomic mass is 10.1. The first kappa shape index (κ1) is 11.6. The molecule has 1 fully saturated rings. The van der Waals surface area contributed by atoms with Crippen molar-refractivity contribution in [2.24, 2.45) is 5.92 Å². The third-order valence-electron chi connectivity index (χ3n) is 3.60. The van der Waals surface area contributed by atoms with Gasteiger partial charge in [0.25, 0.3) is 0 Å². The highest BCUT2D eigenvalue weighted by molar-refractivity contribution is 4.99. The van der Waals surface area contributed by atoms with E-state index in [9.17, 15) is 0 Å². The minimum Gasteiger partial charge on any atom is -0.308 e. The van der Waals surface area contributed by atoms with Gasteiger partial charge in [0.15, 0.2) is 0 Å². The molecule has 1 N–H and O–H groups in total. The van der Waals surface area contributed by atoms with Gasteiger partial charge < -0.3 is 5.32 Å². The molecule has 0 aliphatic heterocycles. The maximum absolute atomic E-state index is 4.55. The molecule has 0 saturated heterocycles. The Labute approximate surface area is 98.2 Å². The van der Waals surface area contributed by atoms with Crippen LogP contribution in [0.2, 0.25) is 0 Å². The van der Waals surface area contributed by atoms with Crippen molar-refractivity contribution in [3.8, 4) is 0 Å². The van der Waals surface area contributed by atoms with Gasteiger partial charge in [-0.05, 0) is 38.7 Å². The second kappa shape index (κ2) is 5.00. The normalized spacial score (nSPS) is 25.5. The van der Waals surface area contributed by atoms with Crippen molar-refractivity contribution in [3.05, 3.63) is 18.0 Å². The number of rotatable bonds is 4. The molecule has 3 nitrogen and oxygen atoms in total. The Hall–Kier alpha value is -0.830. The molecule has 0 spiro atoms. The molecule has 0 aromatic carbocycles. The maximum atomic E-state index is 4.55. The monoisotopic (exact) mass is 221 g/mol. The molecule has 2 unspecified atom stereocenters. The number of aromatic nitrogens is 2. The van der Waals surface area contributed by atoms with Gasteiger partial charge in [0.05, 0.1) is 5.69 Å². The quantitative estimate of drug-likeness (QED) is 0.847. The van der Waals surface area contributed by atoms with E-state index in [0.29, 0.717) is 12.1 Å². The molecule has 16 heavy (non-hydrogen) atoms. The van der Waals surface area contributed by atoms with Gasteiger partial charge in [-0.2, -0.15) is 5.10 Å². The summed E-state index contributed by atoms with van der Waals surface area (Å²) in [6.07, 6.45) is 6.14. The van der Waals surface area contributed by atoms with E-state index in [1.807, 2.05) is 4.68 Å². The smallest absolute Gasteiger partial charge is 0.0762 e. The summed E-state index contributed by atoms with van der Waals surface area (Å²) >= 11 is 0. The van der Waals surface area contributed by atoms with Crippen LogP contribution >= 0.6 is 0 Å². The molecule has 2 atom stereocenters. The van der Waals surface area contributed by atoms with Crippen molar-refractivity contribution in [2.45, 2.75) is 58.7 Å². The third kappa shape index (κ3) is 2.64. The SMILES string of the molecule is CC1CCCC1NCc1ccn(C(C)C)n1. The predicted molar refractivity (Wildman–Crippen MR) is 66.3 cm³/mol. The van der Waals surface area contributed by atoms with E-state index in [1.165, 1.54) is 19.3 Å². The van der Waals surface area contributed by atoms with Crippen molar-refractivity contribution in [3.63, 3.8) is 0 Å². The number of nitrogens with one attached hydrogen (secondary N) is 1. The summed E-state index contributed by atoms with van der Waals surface area (Å²) < 4.78 is 2.02. The van der Waals surface area contributed by atoms with Crippen LogP contribution in [0, 0.1) is 5.92 Å². The lowest BCUT2D eigenvalue weighted by molar-refractivity contribution is 0.420. The van der Waals surface area contributed by atoms with Gasteiger partial charge in [-0.3, -0.25) is 4.68 Å². The number of hydrogen-bond donors (Lipinski definition) is 1. The molecule has 1 aromatic heterocycles. The highest BCUT2D eigenvalue weighted by Crippen LogP contribution is 2.24. The van der Waals surface area contributed by atoms with Crippen LogP contribution in [0.5, 0.6) is 0 Å². The molecule has 0 amide bonds. The fourth-order valence-electron chi connectivity index (χ4n) is 2.44. The predicted octanol–water partition coefficient (Wildman–Crippen LogP) is 2.74. The maximum Gasteiger partial charge on any atom is 0.0762 e. The first-order valence-corrected chi connectivity index (χ1v) is 6.44. The van der Waals surface area contributed by atoms with Gasteiger partial charge in [0.2, 0.25) is 0 Å². The summed E-state index contributed by atoms with van der Waals surface area (Å²) in [7, 11) is 0. The number of hydrogen-bond acceptors (Lipinski definition) is 2. The van der Waals surface area contributed by atoms with E-state index in [2.05, 4.69) is 43.4 Å². The van der Waals surface area contributed by atoms with Gasteiger partial charge in [-0.25, -0.2) is 0 Å². The summed E-state index contributed by atoms with van der Waals surface area (Å²) in [5, 5.41) is 8.17. The van der Waals surface area contributed by atoms with Crippen molar-refractivity contribution >= 4 is 0 Å². The minimum atomic E-state index is 0.458. The van der Waals surface area contributed by atoms with Crippen LogP contribution in [0.3, 0.4) is 0 Å². The standard InChI is InChI=1S/C13H23N3/c1-10(2)16-8-7-12(15-16)9-14-13-6-4-5-11(13)3/h7-8,10-11,13-14H,4-6,9H2,1-3H3. The molecule has 1 aromatic rings. The van der Waals surface area contributed by atoms with E-state index in [-0.39, 0.29) is 0 Å². The molecule has 3 heteroatoms. The van der Waals surface area contributed by atoms with E-state index in [4.69, 9.17) is 0 Å². The van der Waals surface area contributed by atoms with Crippen LogP contribution in [-0.2, 0) is 6.54 Å². The van der Waals surface area contributed by atoms with E-state index >= 15 is 0 Å². The molecular formula is C13H23N3.